The number of carboxylic acid groups (broad SMARTS) is 1. The first-order valence-corrected chi connectivity index (χ1v) is 9.24. The van der Waals surface area contributed by atoms with E-state index in [9.17, 15) is 24.6 Å². The number of hydrogen-bond donors (Lipinski definition) is 2. The van der Waals surface area contributed by atoms with Gasteiger partial charge in [-0.2, -0.15) is 0 Å². The minimum Gasteiger partial charge on any atom is -0.507 e. The number of carboxylic acids is 1. The molecule has 30 heavy (non-hydrogen) atoms. The van der Waals surface area contributed by atoms with Crippen molar-refractivity contribution in [3.8, 4) is 0 Å². The van der Waals surface area contributed by atoms with E-state index in [2.05, 4.69) is 0 Å². The number of amides is 1. The molecule has 1 amide bonds. The van der Waals surface area contributed by atoms with Crippen LogP contribution in [0.15, 0.2) is 90.5 Å². The minimum absolute atomic E-state index is 0.00993. The largest absolute Gasteiger partial charge is 0.507 e. The average Bonchev–Trinajstić information content (AvgIpc) is 3.05. The van der Waals surface area contributed by atoms with Gasteiger partial charge in [0.25, 0.3) is 11.7 Å². The molecular formula is C24H17NO5. The molecule has 0 saturated carbocycles. The molecule has 1 aliphatic rings. The number of aromatic carboxylic acids is 1. The van der Waals surface area contributed by atoms with E-state index in [1.165, 1.54) is 23.1 Å². The maximum absolute atomic E-state index is 13.0. The summed E-state index contributed by atoms with van der Waals surface area (Å²) in [6.07, 6.45) is 0. The van der Waals surface area contributed by atoms with Crippen molar-refractivity contribution in [2.75, 3.05) is 4.90 Å². The number of Topliss-reactive ketones (excluding diaryl/α,β-unsaturated/α-hetero) is 1. The highest BCUT2D eigenvalue weighted by Crippen LogP contribution is 2.42. The molecule has 6 heteroatoms. The zero-order valence-electron chi connectivity index (χ0n) is 15.7. The molecule has 6 nitrogen and oxygen atoms in total. The first-order valence-electron chi connectivity index (χ1n) is 9.24. The van der Waals surface area contributed by atoms with Gasteiger partial charge in [0.1, 0.15) is 5.76 Å². The fraction of sp³-hybridized carbons (Fsp3) is 0.0417. The van der Waals surface area contributed by atoms with E-state index in [0.29, 0.717) is 11.1 Å². The molecule has 0 aliphatic carbocycles. The summed E-state index contributed by atoms with van der Waals surface area (Å²) in [6.45, 7) is 0. The van der Waals surface area contributed by atoms with E-state index >= 15 is 0 Å². The lowest BCUT2D eigenvalue weighted by molar-refractivity contribution is -0.132. The van der Waals surface area contributed by atoms with Gasteiger partial charge in [-0.1, -0.05) is 66.7 Å². The van der Waals surface area contributed by atoms with E-state index in [-0.39, 0.29) is 22.6 Å². The van der Waals surface area contributed by atoms with Gasteiger partial charge in [0.05, 0.1) is 17.2 Å². The third-order valence-electron chi connectivity index (χ3n) is 4.98. The second kappa shape index (κ2) is 7.67. The monoisotopic (exact) mass is 399 g/mol. The van der Waals surface area contributed by atoms with Gasteiger partial charge in [-0.15, -0.1) is 0 Å². The van der Waals surface area contributed by atoms with Gasteiger partial charge in [0.15, 0.2) is 0 Å². The highest BCUT2D eigenvalue weighted by Gasteiger charge is 2.47. The molecule has 148 valence electrons. The Bertz CT molecular complexity index is 1170. The molecular weight excluding hydrogens is 382 g/mol. The van der Waals surface area contributed by atoms with Crippen LogP contribution in [0, 0.1) is 0 Å². The second-order valence-electron chi connectivity index (χ2n) is 6.80. The number of rotatable bonds is 4. The number of nitrogens with zero attached hydrogens (tertiary/aromatic N) is 1. The smallest absolute Gasteiger partial charge is 0.335 e. The second-order valence-corrected chi connectivity index (χ2v) is 6.80. The summed E-state index contributed by atoms with van der Waals surface area (Å²) >= 11 is 0. The van der Waals surface area contributed by atoms with Crippen molar-refractivity contribution in [2.45, 2.75) is 6.04 Å². The molecule has 2 N–H and O–H groups in total. The van der Waals surface area contributed by atoms with Crippen molar-refractivity contribution in [3.63, 3.8) is 0 Å². The molecule has 0 aromatic heterocycles. The zero-order chi connectivity index (χ0) is 21.3. The third kappa shape index (κ3) is 3.24. The Morgan fingerprint density at radius 1 is 0.767 bits per heavy atom. The fourth-order valence-electron chi connectivity index (χ4n) is 3.59. The average molecular weight is 399 g/mol. The predicted octanol–water partition coefficient (Wildman–Crippen LogP) is 4.01. The van der Waals surface area contributed by atoms with Gasteiger partial charge in [-0.25, -0.2) is 4.79 Å². The normalized spacial score (nSPS) is 17.9. The standard InChI is InChI=1S/C24H17NO5/c26-21(16-10-5-2-6-11-16)19-20(15-8-3-1-4-9-15)25(23(28)22(19)27)18-13-7-12-17(14-18)24(29)30/h1-14,20,26H,(H,29,30)/t20-/m0/s1. The Morgan fingerprint density at radius 2 is 1.37 bits per heavy atom. The number of ketones is 1. The van der Waals surface area contributed by atoms with Gasteiger partial charge < -0.3 is 10.2 Å². The van der Waals surface area contributed by atoms with Crippen molar-refractivity contribution in [2.24, 2.45) is 0 Å². The van der Waals surface area contributed by atoms with Crippen LogP contribution in [-0.2, 0) is 9.59 Å². The number of carbonyl (C=O) groups excluding carboxylic acids is 2. The number of aliphatic hydroxyl groups excluding tert-OH is 1. The van der Waals surface area contributed by atoms with Crippen LogP contribution in [0.2, 0.25) is 0 Å². The zero-order valence-corrected chi connectivity index (χ0v) is 15.7. The molecule has 1 saturated heterocycles. The summed E-state index contributed by atoms with van der Waals surface area (Å²) in [5.74, 6) is -3.08. The first kappa shape index (κ1) is 19.1. The van der Waals surface area contributed by atoms with Crippen molar-refractivity contribution >= 4 is 29.1 Å². The number of carbonyl (C=O) groups is 3. The maximum atomic E-state index is 13.0. The van der Waals surface area contributed by atoms with E-state index in [1.807, 2.05) is 0 Å². The van der Waals surface area contributed by atoms with E-state index in [0.717, 1.165) is 0 Å². The van der Waals surface area contributed by atoms with Crippen LogP contribution < -0.4 is 4.90 Å². The van der Waals surface area contributed by atoms with Gasteiger partial charge in [-0.05, 0) is 23.8 Å². The van der Waals surface area contributed by atoms with Gasteiger partial charge in [0.2, 0.25) is 0 Å². The Balaban J connectivity index is 1.95. The molecule has 4 rings (SSSR count). The lowest BCUT2D eigenvalue weighted by Gasteiger charge is -2.25. The van der Waals surface area contributed by atoms with Crippen molar-refractivity contribution < 1.29 is 24.6 Å². The third-order valence-corrected chi connectivity index (χ3v) is 4.98. The van der Waals surface area contributed by atoms with E-state index < -0.39 is 23.7 Å². The number of hydrogen-bond acceptors (Lipinski definition) is 4. The summed E-state index contributed by atoms with van der Waals surface area (Å²) in [5.41, 5.74) is 1.24. The highest BCUT2D eigenvalue weighted by molar-refractivity contribution is 6.51. The van der Waals surface area contributed by atoms with E-state index in [1.54, 1.807) is 66.7 Å². The van der Waals surface area contributed by atoms with Crippen molar-refractivity contribution in [1.82, 2.24) is 0 Å². The summed E-state index contributed by atoms with van der Waals surface area (Å²) in [5, 5.41) is 20.3. The maximum Gasteiger partial charge on any atom is 0.335 e. The van der Waals surface area contributed by atoms with Crippen molar-refractivity contribution in [3.05, 3.63) is 107 Å². The fourth-order valence-corrected chi connectivity index (χ4v) is 3.59. The Hall–Kier alpha value is -4.19. The minimum atomic E-state index is -1.14. The van der Waals surface area contributed by atoms with E-state index in [4.69, 9.17) is 0 Å². The van der Waals surface area contributed by atoms with Gasteiger partial charge >= 0.3 is 5.97 Å². The SMILES string of the molecule is O=C1C(=O)N(c2cccc(C(=O)O)c2)[C@@H](c2ccccc2)C1=C(O)c1ccccc1. The Kier molecular flexibility index (Phi) is 4.90. The van der Waals surface area contributed by atoms with Gasteiger partial charge in [0, 0.05) is 11.3 Å². The van der Waals surface area contributed by atoms with Crippen LogP contribution in [0.25, 0.3) is 5.76 Å². The number of aliphatic hydroxyl groups is 1. The van der Waals surface area contributed by atoms with Crippen LogP contribution in [0.1, 0.15) is 27.5 Å². The Morgan fingerprint density at radius 3 is 2.00 bits per heavy atom. The van der Waals surface area contributed by atoms with Crippen LogP contribution in [0.5, 0.6) is 0 Å². The summed E-state index contributed by atoms with van der Waals surface area (Å²) in [4.78, 5) is 38.6. The molecule has 0 radical (unpaired) electrons. The molecule has 0 spiro atoms. The first-order chi connectivity index (χ1) is 14.5. The van der Waals surface area contributed by atoms with Gasteiger partial charge in [-0.3, -0.25) is 14.5 Å². The van der Waals surface area contributed by atoms with Crippen LogP contribution in [0.4, 0.5) is 5.69 Å². The lowest BCUT2D eigenvalue weighted by atomic mass is 9.95. The summed E-state index contributed by atoms with van der Waals surface area (Å²) in [7, 11) is 0. The molecule has 0 unspecified atom stereocenters. The van der Waals surface area contributed by atoms with Crippen LogP contribution in [-0.4, -0.2) is 27.9 Å². The summed E-state index contributed by atoms with van der Waals surface area (Å²) in [6, 6.07) is 22.3. The topological polar surface area (TPSA) is 94.9 Å². The Labute approximate surface area is 172 Å². The number of benzene rings is 3. The molecule has 1 fully saturated rings. The predicted molar refractivity (Wildman–Crippen MR) is 111 cm³/mol. The molecule has 0 bridgehead atoms. The molecule has 3 aromatic rings. The lowest BCUT2D eigenvalue weighted by Crippen LogP contribution is -2.29. The highest BCUT2D eigenvalue weighted by atomic mass is 16.4. The molecule has 3 aromatic carbocycles. The van der Waals surface area contributed by atoms with Crippen LogP contribution >= 0.6 is 0 Å². The number of anilines is 1. The molecule has 1 heterocycles. The van der Waals surface area contributed by atoms with Crippen molar-refractivity contribution in [1.29, 1.82) is 0 Å². The quantitative estimate of drug-likeness (QED) is 0.393. The molecule has 1 atom stereocenters. The van der Waals surface area contributed by atoms with Crippen LogP contribution in [0.3, 0.4) is 0 Å². The molecule has 1 aliphatic heterocycles. The summed E-state index contributed by atoms with van der Waals surface area (Å²) < 4.78 is 0.